The fraction of sp³-hybridized carbons (Fsp3) is 0.571. The molecule has 0 unspecified atom stereocenters. The molecule has 0 aliphatic rings. The summed E-state index contributed by atoms with van der Waals surface area (Å²) in [4.78, 5) is 0. The molecule has 0 aliphatic heterocycles. The first-order valence-corrected chi connectivity index (χ1v) is 6.14. The van der Waals surface area contributed by atoms with E-state index in [1.54, 1.807) is 14.2 Å². The number of ether oxygens (including phenoxy) is 3. The summed E-state index contributed by atoms with van der Waals surface area (Å²) in [5, 5.41) is 3.10. The highest BCUT2D eigenvalue weighted by molar-refractivity contribution is 5.53. The van der Waals surface area contributed by atoms with Gasteiger partial charge in [0, 0.05) is 6.54 Å². The Morgan fingerprint density at radius 2 is 1.67 bits per heavy atom. The maximum Gasteiger partial charge on any atom is 0.203 e. The Kier molecular flexibility index (Phi) is 5.78. The lowest BCUT2D eigenvalue weighted by Gasteiger charge is -2.17. The Morgan fingerprint density at radius 3 is 2.06 bits per heavy atom. The summed E-state index contributed by atoms with van der Waals surface area (Å²) in [6, 6.07) is 3.93. The third-order valence-electron chi connectivity index (χ3n) is 2.46. The molecule has 0 aliphatic carbocycles. The smallest absolute Gasteiger partial charge is 0.203 e. The molecular formula is C14H23NO3. The van der Waals surface area contributed by atoms with E-state index in [9.17, 15) is 0 Å². The van der Waals surface area contributed by atoms with Gasteiger partial charge in [-0.25, -0.2) is 0 Å². The van der Waals surface area contributed by atoms with E-state index >= 15 is 0 Å². The molecule has 0 amide bonds. The second kappa shape index (κ2) is 7.11. The lowest BCUT2D eigenvalue weighted by Crippen LogP contribution is -2.09. The predicted octanol–water partition coefficient (Wildman–Crippen LogP) is 2.46. The van der Waals surface area contributed by atoms with E-state index in [0.29, 0.717) is 29.8 Å². The summed E-state index contributed by atoms with van der Waals surface area (Å²) in [5.41, 5.74) is 1.10. The zero-order valence-electron chi connectivity index (χ0n) is 11.9. The molecule has 0 atom stereocenters. The van der Waals surface area contributed by atoms with Crippen LogP contribution in [0.2, 0.25) is 0 Å². The SMILES string of the molecule is CNCc1cc(OC)c(OCC(C)C)c(OC)c1. The number of methoxy groups -OCH3 is 2. The first-order valence-electron chi connectivity index (χ1n) is 6.14. The minimum absolute atomic E-state index is 0.455. The first kappa shape index (κ1) is 14.6. The molecule has 0 aromatic heterocycles. The minimum atomic E-state index is 0.455. The number of rotatable bonds is 7. The van der Waals surface area contributed by atoms with Crippen molar-refractivity contribution in [3.63, 3.8) is 0 Å². The van der Waals surface area contributed by atoms with Crippen molar-refractivity contribution < 1.29 is 14.2 Å². The molecular weight excluding hydrogens is 230 g/mol. The predicted molar refractivity (Wildman–Crippen MR) is 72.6 cm³/mol. The van der Waals surface area contributed by atoms with Crippen molar-refractivity contribution in [3.05, 3.63) is 17.7 Å². The maximum absolute atomic E-state index is 5.77. The Balaban J connectivity index is 3.04. The summed E-state index contributed by atoms with van der Waals surface area (Å²) < 4.78 is 16.5. The van der Waals surface area contributed by atoms with Gasteiger partial charge in [-0.3, -0.25) is 0 Å². The van der Waals surface area contributed by atoms with Crippen molar-refractivity contribution in [1.82, 2.24) is 5.32 Å². The molecule has 0 spiro atoms. The maximum atomic E-state index is 5.77. The van der Waals surface area contributed by atoms with Gasteiger partial charge >= 0.3 is 0 Å². The molecule has 18 heavy (non-hydrogen) atoms. The van der Waals surface area contributed by atoms with Gasteiger partial charge in [-0.2, -0.15) is 0 Å². The first-order chi connectivity index (χ1) is 8.62. The molecule has 1 aromatic carbocycles. The molecule has 0 bridgehead atoms. The van der Waals surface area contributed by atoms with Crippen molar-refractivity contribution >= 4 is 0 Å². The Hall–Kier alpha value is -1.42. The molecule has 0 radical (unpaired) electrons. The lowest BCUT2D eigenvalue weighted by atomic mass is 10.1. The van der Waals surface area contributed by atoms with Gasteiger partial charge in [0.25, 0.3) is 0 Å². The second-order valence-electron chi connectivity index (χ2n) is 4.56. The number of benzene rings is 1. The third-order valence-corrected chi connectivity index (χ3v) is 2.46. The number of hydrogen-bond donors (Lipinski definition) is 1. The van der Waals surface area contributed by atoms with Crippen LogP contribution in [-0.4, -0.2) is 27.9 Å². The van der Waals surface area contributed by atoms with E-state index in [1.807, 2.05) is 19.2 Å². The largest absolute Gasteiger partial charge is 0.493 e. The van der Waals surface area contributed by atoms with Gasteiger partial charge in [0.1, 0.15) is 0 Å². The average molecular weight is 253 g/mol. The Bertz CT molecular complexity index is 352. The van der Waals surface area contributed by atoms with Crippen LogP contribution in [0.15, 0.2) is 12.1 Å². The minimum Gasteiger partial charge on any atom is -0.493 e. The summed E-state index contributed by atoms with van der Waals surface area (Å²) >= 11 is 0. The van der Waals surface area contributed by atoms with Crippen LogP contribution in [0.5, 0.6) is 17.2 Å². The molecule has 4 heteroatoms. The van der Waals surface area contributed by atoms with Crippen molar-refractivity contribution in [1.29, 1.82) is 0 Å². The summed E-state index contributed by atoms with van der Waals surface area (Å²) in [6.45, 7) is 5.61. The van der Waals surface area contributed by atoms with Crippen LogP contribution in [0, 0.1) is 5.92 Å². The molecule has 1 rings (SSSR count). The second-order valence-corrected chi connectivity index (χ2v) is 4.56. The molecule has 0 heterocycles. The monoisotopic (exact) mass is 253 g/mol. The summed E-state index contributed by atoms with van der Waals surface area (Å²) in [5.74, 6) is 2.55. The van der Waals surface area contributed by atoms with Crippen LogP contribution in [0.3, 0.4) is 0 Å². The molecule has 0 fully saturated rings. The highest BCUT2D eigenvalue weighted by atomic mass is 16.5. The normalized spacial score (nSPS) is 10.6. The molecule has 4 nitrogen and oxygen atoms in total. The lowest BCUT2D eigenvalue weighted by molar-refractivity contribution is 0.243. The third kappa shape index (κ3) is 3.81. The molecule has 0 saturated heterocycles. The van der Waals surface area contributed by atoms with Gasteiger partial charge in [-0.05, 0) is 30.7 Å². The van der Waals surface area contributed by atoms with E-state index in [-0.39, 0.29) is 0 Å². The summed E-state index contributed by atoms with van der Waals surface area (Å²) in [6.07, 6.45) is 0. The average Bonchev–Trinajstić information content (AvgIpc) is 2.36. The topological polar surface area (TPSA) is 39.7 Å². The van der Waals surface area contributed by atoms with E-state index in [0.717, 1.165) is 12.1 Å². The van der Waals surface area contributed by atoms with Crippen molar-refractivity contribution in [2.24, 2.45) is 5.92 Å². The van der Waals surface area contributed by atoms with Gasteiger partial charge in [0.15, 0.2) is 11.5 Å². The quantitative estimate of drug-likeness (QED) is 0.810. The zero-order chi connectivity index (χ0) is 13.5. The highest BCUT2D eigenvalue weighted by Crippen LogP contribution is 2.38. The number of hydrogen-bond acceptors (Lipinski definition) is 4. The van der Waals surface area contributed by atoms with Gasteiger partial charge in [0.05, 0.1) is 20.8 Å². The van der Waals surface area contributed by atoms with E-state index in [2.05, 4.69) is 19.2 Å². The van der Waals surface area contributed by atoms with Crippen molar-refractivity contribution in [3.8, 4) is 17.2 Å². The molecule has 0 saturated carbocycles. The van der Waals surface area contributed by atoms with E-state index in [4.69, 9.17) is 14.2 Å². The molecule has 1 N–H and O–H groups in total. The molecule has 1 aromatic rings. The van der Waals surface area contributed by atoms with Crippen molar-refractivity contribution in [2.45, 2.75) is 20.4 Å². The van der Waals surface area contributed by atoms with E-state index in [1.165, 1.54) is 0 Å². The fourth-order valence-electron chi connectivity index (χ4n) is 1.63. The van der Waals surface area contributed by atoms with Gasteiger partial charge in [0.2, 0.25) is 5.75 Å². The van der Waals surface area contributed by atoms with Crippen LogP contribution < -0.4 is 19.5 Å². The Labute approximate surface area is 109 Å². The highest BCUT2D eigenvalue weighted by Gasteiger charge is 2.14. The van der Waals surface area contributed by atoms with Gasteiger partial charge in [-0.15, -0.1) is 0 Å². The fourth-order valence-corrected chi connectivity index (χ4v) is 1.63. The standard InChI is InChI=1S/C14H23NO3/c1-10(2)9-18-14-12(16-4)6-11(8-15-3)7-13(14)17-5/h6-7,10,15H,8-9H2,1-5H3. The van der Waals surface area contributed by atoms with E-state index < -0.39 is 0 Å². The zero-order valence-corrected chi connectivity index (χ0v) is 11.9. The molecule has 102 valence electrons. The van der Waals surface area contributed by atoms with Crippen LogP contribution >= 0.6 is 0 Å². The van der Waals surface area contributed by atoms with Crippen LogP contribution in [0.4, 0.5) is 0 Å². The van der Waals surface area contributed by atoms with Crippen molar-refractivity contribution in [2.75, 3.05) is 27.9 Å². The van der Waals surface area contributed by atoms with Crippen LogP contribution in [-0.2, 0) is 6.54 Å². The summed E-state index contributed by atoms with van der Waals surface area (Å²) in [7, 11) is 5.18. The Morgan fingerprint density at radius 1 is 1.11 bits per heavy atom. The van der Waals surface area contributed by atoms with Gasteiger partial charge < -0.3 is 19.5 Å². The van der Waals surface area contributed by atoms with Crippen LogP contribution in [0.25, 0.3) is 0 Å². The van der Waals surface area contributed by atoms with Crippen LogP contribution in [0.1, 0.15) is 19.4 Å². The van der Waals surface area contributed by atoms with Gasteiger partial charge in [-0.1, -0.05) is 13.8 Å². The number of nitrogens with one attached hydrogen (secondary N) is 1.